The Kier molecular flexibility index (Phi) is 5.42. The van der Waals surface area contributed by atoms with E-state index in [1.165, 1.54) is 21.3 Å². The van der Waals surface area contributed by atoms with Crippen LogP contribution in [0.5, 0.6) is 0 Å². The van der Waals surface area contributed by atoms with Gasteiger partial charge in [0.15, 0.2) is 0 Å². The molecule has 1 nitrogen and oxygen atoms in total. The lowest BCUT2D eigenvalue weighted by Crippen LogP contribution is -2.16. The van der Waals surface area contributed by atoms with Gasteiger partial charge in [-0.2, -0.15) is 0 Å². The van der Waals surface area contributed by atoms with Crippen LogP contribution >= 0.6 is 27.3 Å². The topological polar surface area (TPSA) is 12.0 Å². The van der Waals surface area contributed by atoms with Crippen LogP contribution in [0.3, 0.4) is 0 Å². The third kappa shape index (κ3) is 4.23. The number of thiophene rings is 1. The Balaban J connectivity index is 1.69. The van der Waals surface area contributed by atoms with Gasteiger partial charge < -0.3 is 5.32 Å². The highest BCUT2D eigenvalue weighted by atomic mass is 79.9. The van der Waals surface area contributed by atoms with Crippen LogP contribution in [0, 0.1) is 0 Å². The summed E-state index contributed by atoms with van der Waals surface area (Å²) in [4.78, 5) is 0. The molecule has 0 saturated heterocycles. The van der Waals surface area contributed by atoms with Gasteiger partial charge in [0, 0.05) is 6.54 Å². The molecule has 0 bridgehead atoms. The number of hydrogen-bond donors (Lipinski definition) is 1. The number of nitrogens with one attached hydrogen (secondary N) is 1. The van der Waals surface area contributed by atoms with Gasteiger partial charge in [0.1, 0.15) is 0 Å². The SMILES string of the molecule is CC(CCNCc1csc(Br)c1)c1ccccc1. The van der Waals surface area contributed by atoms with Gasteiger partial charge in [-0.15, -0.1) is 11.3 Å². The van der Waals surface area contributed by atoms with Crippen molar-refractivity contribution in [2.24, 2.45) is 0 Å². The summed E-state index contributed by atoms with van der Waals surface area (Å²) in [6, 6.07) is 12.9. The lowest BCUT2D eigenvalue weighted by atomic mass is 9.98. The summed E-state index contributed by atoms with van der Waals surface area (Å²) in [5, 5.41) is 5.69. The summed E-state index contributed by atoms with van der Waals surface area (Å²) >= 11 is 5.23. The van der Waals surface area contributed by atoms with E-state index in [2.05, 4.69) is 69.9 Å². The number of rotatable bonds is 6. The molecule has 0 amide bonds. The van der Waals surface area contributed by atoms with E-state index in [-0.39, 0.29) is 0 Å². The van der Waals surface area contributed by atoms with Crippen molar-refractivity contribution in [2.75, 3.05) is 6.54 Å². The van der Waals surface area contributed by atoms with Gasteiger partial charge in [-0.1, -0.05) is 37.3 Å². The van der Waals surface area contributed by atoms with Crippen LogP contribution in [-0.4, -0.2) is 6.54 Å². The molecule has 1 aromatic carbocycles. The molecule has 2 rings (SSSR count). The molecule has 0 radical (unpaired) electrons. The second-order valence-electron chi connectivity index (χ2n) is 4.54. The predicted molar refractivity (Wildman–Crippen MR) is 83.2 cm³/mol. The van der Waals surface area contributed by atoms with Crippen LogP contribution in [0.2, 0.25) is 0 Å². The van der Waals surface area contributed by atoms with Crippen LogP contribution in [0.4, 0.5) is 0 Å². The minimum Gasteiger partial charge on any atom is -0.313 e. The van der Waals surface area contributed by atoms with E-state index in [0.717, 1.165) is 13.1 Å². The molecule has 2 aromatic rings. The lowest BCUT2D eigenvalue weighted by Gasteiger charge is -2.12. The van der Waals surface area contributed by atoms with Gasteiger partial charge in [-0.3, -0.25) is 0 Å². The molecule has 1 N–H and O–H groups in total. The van der Waals surface area contributed by atoms with Crippen LogP contribution in [-0.2, 0) is 6.54 Å². The van der Waals surface area contributed by atoms with Gasteiger partial charge in [-0.05, 0) is 57.4 Å². The molecule has 0 fully saturated rings. The maximum Gasteiger partial charge on any atom is 0.0701 e. The maximum absolute atomic E-state index is 3.50. The molecule has 1 unspecified atom stereocenters. The van der Waals surface area contributed by atoms with Gasteiger partial charge in [-0.25, -0.2) is 0 Å². The van der Waals surface area contributed by atoms with Gasteiger partial charge in [0.25, 0.3) is 0 Å². The number of benzene rings is 1. The second kappa shape index (κ2) is 7.07. The van der Waals surface area contributed by atoms with Crippen molar-refractivity contribution in [1.29, 1.82) is 0 Å². The fourth-order valence-electron chi connectivity index (χ4n) is 1.94. The normalized spacial score (nSPS) is 12.6. The Morgan fingerprint density at radius 2 is 2.06 bits per heavy atom. The van der Waals surface area contributed by atoms with E-state index in [4.69, 9.17) is 0 Å². The summed E-state index contributed by atoms with van der Waals surface area (Å²) < 4.78 is 1.21. The largest absolute Gasteiger partial charge is 0.313 e. The zero-order valence-corrected chi connectivity index (χ0v) is 12.9. The lowest BCUT2D eigenvalue weighted by molar-refractivity contribution is 0.595. The van der Waals surface area contributed by atoms with Crippen LogP contribution in [0.15, 0.2) is 45.6 Å². The van der Waals surface area contributed by atoms with Crippen molar-refractivity contribution in [1.82, 2.24) is 5.32 Å². The van der Waals surface area contributed by atoms with Crippen molar-refractivity contribution in [2.45, 2.75) is 25.8 Å². The molecule has 3 heteroatoms. The third-order valence-electron chi connectivity index (χ3n) is 3.07. The molecular formula is C15H18BrNS. The summed E-state index contributed by atoms with van der Waals surface area (Å²) in [5.41, 5.74) is 2.79. The summed E-state index contributed by atoms with van der Waals surface area (Å²) in [5.74, 6) is 0.618. The minimum atomic E-state index is 0.618. The zero-order chi connectivity index (χ0) is 12.8. The molecule has 1 aromatic heterocycles. The Labute approximate surface area is 121 Å². The van der Waals surface area contributed by atoms with E-state index in [1.54, 1.807) is 11.3 Å². The van der Waals surface area contributed by atoms with Crippen molar-refractivity contribution >= 4 is 27.3 Å². The Hall–Kier alpha value is -0.640. The zero-order valence-electron chi connectivity index (χ0n) is 10.5. The highest BCUT2D eigenvalue weighted by molar-refractivity contribution is 9.11. The predicted octanol–water partition coefficient (Wildman–Crippen LogP) is 4.79. The fourth-order valence-corrected chi connectivity index (χ4v) is 3.15. The average molecular weight is 324 g/mol. The standard InChI is InChI=1S/C15H18BrNS/c1-12(14-5-3-2-4-6-14)7-8-17-10-13-9-15(16)18-11-13/h2-6,9,11-12,17H,7-8,10H2,1H3. The molecule has 18 heavy (non-hydrogen) atoms. The monoisotopic (exact) mass is 323 g/mol. The van der Waals surface area contributed by atoms with Gasteiger partial charge in [0.05, 0.1) is 3.79 Å². The van der Waals surface area contributed by atoms with Crippen molar-refractivity contribution in [3.8, 4) is 0 Å². The minimum absolute atomic E-state index is 0.618. The molecular weight excluding hydrogens is 306 g/mol. The van der Waals surface area contributed by atoms with Crippen LogP contribution in [0.25, 0.3) is 0 Å². The molecule has 0 aliphatic rings. The first-order valence-corrected chi connectivity index (χ1v) is 7.91. The van der Waals surface area contributed by atoms with E-state index >= 15 is 0 Å². The molecule has 96 valence electrons. The van der Waals surface area contributed by atoms with Crippen LogP contribution < -0.4 is 5.32 Å². The first-order chi connectivity index (χ1) is 8.75. The van der Waals surface area contributed by atoms with E-state index in [9.17, 15) is 0 Å². The second-order valence-corrected chi connectivity index (χ2v) is 6.83. The van der Waals surface area contributed by atoms with Crippen LogP contribution in [0.1, 0.15) is 30.4 Å². The van der Waals surface area contributed by atoms with Gasteiger partial charge in [0.2, 0.25) is 0 Å². The highest BCUT2D eigenvalue weighted by Gasteiger charge is 2.04. The van der Waals surface area contributed by atoms with E-state index < -0.39 is 0 Å². The summed E-state index contributed by atoms with van der Waals surface area (Å²) in [7, 11) is 0. The molecule has 0 spiro atoms. The van der Waals surface area contributed by atoms with Crippen molar-refractivity contribution in [3.63, 3.8) is 0 Å². The molecule has 0 aliphatic heterocycles. The average Bonchev–Trinajstić information content (AvgIpc) is 2.81. The Bertz CT molecular complexity index is 466. The number of hydrogen-bond acceptors (Lipinski definition) is 2. The fraction of sp³-hybridized carbons (Fsp3) is 0.333. The summed E-state index contributed by atoms with van der Waals surface area (Å²) in [6.45, 7) is 4.31. The van der Waals surface area contributed by atoms with Crippen molar-refractivity contribution in [3.05, 3.63) is 56.7 Å². The summed E-state index contributed by atoms with van der Waals surface area (Å²) in [6.07, 6.45) is 1.18. The van der Waals surface area contributed by atoms with Gasteiger partial charge >= 0.3 is 0 Å². The molecule has 1 atom stereocenters. The van der Waals surface area contributed by atoms with E-state index in [1.807, 2.05) is 0 Å². The molecule has 0 aliphatic carbocycles. The van der Waals surface area contributed by atoms with E-state index in [0.29, 0.717) is 5.92 Å². The molecule has 1 heterocycles. The Morgan fingerprint density at radius 3 is 2.72 bits per heavy atom. The smallest absolute Gasteiger partial charge is 0.0701 e. The third-order valence-corrected chi connectivity index (χ3v) is 4.63. The van der Waals surface area contributed by atoms with Crippen molar-refractivity contribution < 1.29 is 0 Å². The first kappa shape index (κ1) is 13.8. The number of halogens is 1. The molecule has 0 saturated carbocycles. The Morgan fingerprint density at radius 1 is 1.28 bits per heavy atom. The highest BCUT2D eigenvalue weighted by Crippen LogP contribution is 2.21. The quantitative estimate of drug-likeness (QED) is 0.753. The first-order valence-electron chi connectivity index (χ1n) is 6.24. The maximum atomic E-state index is 3.50.